The summed E-state index contributed by atoms with van der Waals surface area (Å²) in [6.07, 6.45) is 1.62. The first-order valence-electron chi connectivity index (χ1n) is 4.32. The quantitative estimate of drug-likeness (QED) is 0.885. The summed E-state index contributed by atoms with van der Waals surface area (Å²) in [5, 5.41) is 0.607. The third-order valence-electron chi connectivity index (χ3n) is 2.67. The van der Waals surface area contributed by atoms with Crippen LogP contribution in [0.25, 0.3) is 0 Å². The van der Waals surface area contributed by atoms with Crippen LogP contribution >= 0.6 is 27.5 Å². The number of primary amides is 1. The summed E-state index contributed by atoms with van der Waals surface area (Å²) < 4.78 is 0.909. The molecule has 2 N–H and O–H groups in total. The third-order valence-corrected chi connectivity index (χ3v) is 3.47. The molecule has 1 saturated carbocycles. The smallest absolute Gasteiger partial charge is 0.228 e. The van der Waals surface area contributed by atoms with Crippen LogP contribution in [-0.2, 0) is 10.2 Å². The highest BCUT2D eigenvalue weighted by atomic mass is 79.9. The van der Waals surface area contributed by atoms with Gasteiger partial charge in [0.2, 0.25) is 5.91 Å². The zero-order valence-electron chi connectivity index (χ0n) is 7.39. The van der Waals surface area contributed by atoms with Crippen LogP contribution in [0, 0.1) is 0 Å². The van der Waals surface area contributed by atoms with Crippen molar-refractivity contribution in [3.8, 4) is 0 Å². The van der Waals surface area contributed by atoms with E-state index in [-0.39, 0.29) is 5.91 Å². The van der Waals surface area contributed by atoms with Crippen molar-refractivity contribution in [2.24, 2.45) is 5.73 Å². The Morgan fingerprint density at radius 2 is 2.14 bits per heavy atom. The van der Waals surface area contributed by atoms with Gasteiger partial charge in [0.1, 0.15) is 0 Å². The molecular formula is C10H9BrClNO. The Labute approximate surface area is 95.6 Å². The van der Waals surface area contributed by atoms with Gasteiger partial charge in [0.05, 0.1) is 5.41 Å². The van der Waals surface area contributed by atoms with E-state index in [1.54, 1.807) is 6.07 Å². The molecule has 74 valence electrons. The van der Waals surface area contributed by atoms with Gasteiger partial charge in [0, 0.05) is 9.50 Å². The lowest BCUT2D eigenvalue weighted by molar-refractivity contribution is -0.120. The van der Waals surface area contributed by atoms with Gasteiger partial charge in [0.25, 0.3) is 0 Å². The number of nitrogens with two attached hydrogens (primary N) is 1. The van der Waals surface area contributed by atoms with Crippen molar-refractivity contribution in [2.75, 3.05) is 0 Å². The second-order valence-corrected chi connectivity index (χ2v) is 4.89. The third kappa shape index (κ3) is 1.44. The predicted octanol–water partition coefficient (Wildman–Crippen LogP) is 2.62. The summed E-state index contributed by atoms with van der Waals surface area (Å²) in [5.41, 5.74) is 5.73. The highest BCUT2D eigenvalue weighted by Gasteiger charge is 2.51. The van der Waals surface area contributed by atoms with E-state index in [0.717, 1.165) is 22.9 Å². The summed E-state index contributed by atoms with van der Waals surface area (Å²) in [5.74, 6) is -0.276. The Balaban J connectivity index is 2.47. The monoisotopic (exact) mass is 273 g/mol. The molecule has 4 heteroatoms. The highest BCUT2D eigenvalue weighted by molar-refractivity contribution is 9.10. The SMILES string of the molecule is NC(=O)C1(c2ccc(Br)cc2Cl)CC1. The fourth-order valence-electron chi connectivity index (χ4n) is 1.65. The van der Waals surface area contributed by atoms with Crippen molar-refractivity contribution < 1.29 is 4.79 Å². The Morgan fingerprint density at radius 3 is 2.57 bits per heavy atom. The first-order valence-corrected chi connectivity index (χ1v) is 5.49. The van der Waals surface area contributed by atoms with Gasteiger partial charge in [-0.3, -0.25) is 4.79 Å². The summed E-state index contributed by atoms with van der Waals surface area (Å²) in [6.45, 7) is 0. The number of hydrogen-bond donors (Lipinski definition) is 1. The molecule has 0 bridgehead atoms. The average Bonchev–Trinajstić information content (AvgIpc) is 2.84. The molecule has 1 aromatic rings. The number of hydrogen-bond acceptors (Lipinski definition) is 1. The Hall–Kier alpha value is -0.540. The zero-order valence-corrected chi connectivity index (χ0v) is 9.73. The summed E-state index contributed by atoms with van der Waals surface area (Å²) in [6, 6.07) is 5.54. The maximum Gasteiger partial charge on any atom is 0.228 e. The van der Waals surface area contributed by atoms with Gasteiger partial charge >= 0.3 is 0 Å². The number of carbonyl (C=O) groups excluding carboxylic acids is 1. The second-order valence-electron chi connectivity index (χ2n) is 3.57. The molecule has 0 atom stereocenters. The summed E-state index contributed by atoms with van der Waals surface area (Å²) in [7, 11) is 0. The number of benzene rings is 1. The van der Waals surface area contributed by atoms with Gasteiger partial charge in [-0.05, 0) is 30.5 Å². The van der Waals surface area contributed by atoms with Crippen molar-refractivity contribution in [3.63, 3.8) is 0 Å². The second kappa shape index (κ2) is 3.24. The minimum absolute atomic E-state index is 0.276. The molecule has 0 heterocycles. The fourth-order valence-corrected chi connectivity index (χ4v) is 2.51. The van der Waals surface area contributed by atoms with Gasteiger partial charge in [0.15, 0.2) is 0 Å². The highest BCUT2D eigenvalue weighted by Crippen LogP contribution is 2.50. The minimum atomic E-state index is -0.488. The Morgan fingerprint density at radius 1 is 1.50 bits per heavy atom. The normalized spacial score (nSPS) is 17.9. The van der Waals surface area contributed by atoms with Crippen LogP contribution in [-0.4, -0.2) is 5.91 Å². The number of amides is 1. The molecule has 1 aliphatic rings. The van der Waals surface area contributed by atoms with E-state index >= 15 is 0 Å². The number of halogens is 2. The zero-order chi connectivity index (χ0) is 10.3. The van der Waals surface area contributed by atoms with Gasteiger partial charge < -0.3 is 5.73 Å². The lowest BCUT2D eigenvalue weighted by Crippen LogP contribution is -2.28. The van der Waals surface area contributed by atoms with Crippen LogP contribution in [0.3, 0.4) is 0 Å². The molecule has 0 aromatic heterocycles. The van der Waals surface area contributed by atoms with Crippen molar-refractivity contribution >= 4 is 33.4 Å². The van der Waals surface area contributed by atoms with Crippen molar-refractivity contribution in [1.82, 2.24) is 0 Å². The Bertz CT molecular complexity index is 401. The van der Waals surface area contributed by atoms with Gasteiger partial charge in [-0.15, -0.1) is 0 Å². The summed E-state index contributed by atoms with van der Waals surface area (Å²) in [4.78, 5) is 11.3. The molecule has 14 heavy (non-hydrogen) atoms. The van der Waals surface area contributed by atoms with E-state index in [1.165, 1.54) is 0 Å². The van der Waals surface area contributed by atoms with E-state index in [4.69, 9.17) is 17.3 Å². The summed E-state index contributed by atoms with van der Waals surface area (Å²) >= 11 is 9.38. The maximum absolute atomic E-state index is 11.3. The van der Waals surface area contributed by atoms with Gasteiger partial charge in [-0.2, -0.15) is 0 Å². The van der Waals surface area contributed by atoms with E-state index < -0.39 is 5.41 Å². The van der Waals surface area contributed by atoms with Crippen LogP contribution < -0.4 is 5.73 Å². The van der Waals surface area contributed by atoms with E-state index in [2.05, 4.69) is 15.9 Å². The van der Waals surface area contributed by atoms with Crippen LogP contribution in [0.5, 0.6) is 0 Å². The largest absolute Gasteiger partial charge is 0.369 e. The molecule has 2 nitrogen and oxygen atoms in total. The lowest BCUT2D eigenvalue weighted by Gasteiger charge is -2.13. The van der Waals surface area contributed by atoms with Crippen molar-refractivity contribution in [1.29, 1.82) is 0 Å². The predicted molar refractivity (Wildman–Crippen MR) is 59.3 cm³/mol. The fraction of sp³-hybridized carbons (Fsp3) is 0.300. The van der Waals surface area contributed by atoms with Crippen molar-refractivity contribution in [3.05, 3.63) is 33.3 Å². The molecule has 2 rings (SSSR count). The van der Waals surface area contributed by atoms with Crippen LogP contribution in [0.1, 0.15) is 18.4 Å². The molecule has 1 fully saturated rings. The molecule has 1 amide bonds. The maximum atomic E-state index is 11.3. The van der Waals surface area contributed by atoms with Crippen LogP contribution in [0.15, 0.2) is 22.7 Å². The molecule has 0 spiro atoms. The molecule has 0 unspecified atom stereocenters. The van der Waals surface area contributed by atoms with Crippen LogP contribution in [0.2, 0.25) is 5.02 Å². The van der Waals surface area contributed by atoms with Crippen LogP contribution in [0.4, 0.5) is 0 Å². The molecule has 0 aliphatic heterocycles. The molecule has 0 saturated heterocycles. The first-order chi connectivity index (χ1) is 6.56. The standard InChI is InChI=1S/C10H9BrClNO/c11-6-1-2-7(8(12)5-6)10(3-4-10)9(13)14/h1-2,5H,3-4H2,(H2,13,14). The average molecular weight is 275 g/mol. The van der Waals surface area contributed by atoms with Gasteiger partial charge in [-0.25, -0.2) is 0 Å². The van der Waals surface area contributed by atoms with Crippen molar-refractivity contribution in [2.45, 2.75) is 18.3 Å². The molecular weight excluding hydrogens is 265 g/mol. The molecule has 1 aliphatic carbocycles. The van der Waals surface area contributed by atoms with E-state index in [1.807, 2.05) is 12.1 Å². The Kier molecular flexibility index (Phi) is 2.32. The van der Waals surface area contributed by atoms with E-state index in [0.29, 0.717) is 5.02 Å². The molecule has 1 aromatic carbocycles. The number of rotatable bonds is 2. The lowest BCUT2D eigenvalue weighted by atomic mass is 9.95. The first kappa shape index (κ1) is 9.99. The van der Waals surface area contributed by atoms with Gasteiger partial charge in [-0.1, -0.05) is 33.6 Å². The topological polar surface area (TPSA) is 43.1 Å². The van der Waals surface area contributed by atoms with E-state index in [9.17, 15) is 4.79 Å². The molecule has 0 radical (unpaired) electrons. The number of carbonyl (C=O) groups is 1. The minimum Gasteiger partial charge on any atom is -0.369 e.